The van der Waals surface area contributed by atoms with Crippen molar-refractivity contribution < 1.29 is 9.90 Å². The molecule has 1 aromatic rings. The van der Waals surface area contributed by atoms with Gasteiger partial charge in [0.1, 0.15) is 9.88 Å². The zero-order valence-electron chi connectivity index (χ0n) is 15.3. The Bertz CT molecular complexity index is 856. The minimum Gasteiger partial charge on any atom is -0.494 e. The molecule has 0 aliphatic carbocycles. The van der Waals surface area contributed by atoms with E-state index in [0.29, 0.717) is 17.4 Å². The van der Waals surface area contributed by atoms with Gasteiger partial charge in [-0.3, -0.25) is 18.7 Å². The Kier molecular flexibility index (Phi) is 7.99. The second-order valence-electron chi connectivity index (χ2n) is 5.86. The quantitative estimate of drug-likeness (QED) is 0.404. The van der Waals surface area contributed by atoms with Crippen LogP contribution in [0.2, 0.25) is 0 Å². The molecule has 1 fully saturated rings. The molecule has 0 unspecified atom stereocenters. The Morgan fingerprint density at radius 1 is 1.30 bits per heavy atom. The number of aromatic nitrogens is 2. The molecule has 2 rings (SSSR count). The number of rotatable bonds is 6. The molecular formula is C16H23N5O3S3. The van der Waals surface area contributed by atoms with Gasteiger partial charge in [0, 0.05) is 26.2 Å². The number of hydrogen-bond donors (Lipinski definition) is 2. The monoisotopic (exact) mass is 429 g/mol. The van der Waals surface area contributed by atoms with Gasteiger partial charge in [-0.15, -0.1) is 0 Å². The summed E-state index contributed by atoms with van der Waals surface area (Å²) in [7, 11) is 0. The highest BCUT2D eigenvalue weighted by atomic mass is 32.2. The predicted molar refractivity (Wildman–Crippen MR) is 114 cm³/mol. The molecule has 1 saturated heterocycles. The lowest BCUT2D eigenvalue weighted by molar-refractivity contribution is -0.118. The maximum absolute atomic E-state index is 12.4. The molecule has 0 radical (unpaired) electrons. The van der Waals surface area contributed by atoms with Crippen molar-refractivity contribution in [3.05, 3.63) is 20.7 Å². The lowest BCUT2D eigenvalue weighted by atomic mass is 10.3. The molecule has 8 nitrogen and oxygen atoms in total. The Morgan fingerprint density at radius 3 is 2.52 bits per heavy atom. The lowest BCUT2D eigenvalue weighted by Gasteiger charge is -2.16. The molecule has 1 amide bonds. The van der Waals surface area contributed by atoms with E-state index in [1.165, 1.54) is 20.9 Å². The van der Waals surface area contributed by atoms with Gasteiger partial charge in [-0.1, -0.05) is 24.0 Å². The molecule has 2 heterocycles. The molecule has 0 atom stereocenters. The first-order valence-corrected chi connectivity index (χ1v) is 10.5. The molecule has 27 heavy (non-hydrogen) atoms. The van der Waals surface area contributed by atoms with Gasteiger partial charge in [0.25, 0.3) is 11.5 Å². The molecule has 0 saturated carbocycles. The molecular weight excluding hydrogens is 406 g/mol. The summed E-state index contributed by atoms with van der Waals surface area (Å²) in [6.07, 6.45) is 3.39. The van der Waals surface area contributed by atoms with Crippen molar-refractivity contribution in [2.45, 2.75) is 39.8 Å². The summed E-state index contributed by atoms with van der Waals surface area (Å²) in [5.74, 6) is -0.464. The number of amides is 1. The number of thiocarbonyl (C=S) groups is 1. The van der Waals surface area contributed by atoms with Crippen LogP contribution in [0.5, 0.6) is 5.88 Å². The summed E-state index contributed by atoms with van der Waals surface area (Å²) in [5.41, 5.74) is 1.89. The van der Waals surface area contributed by atoms with Gasteiger partial charge in [-0.05, 0) is 38.9 Å². The van der Waals surface area contributed by atoms with Crippen molar-refractivity contribution in [3.8, 4) is 5.88 Å². The first kappa shape index (κ1) is 21.6. The van der Waals surface area contributed by atoms with E-state index < -0.39 is 5.56 Å². The topological polar surface area (TPSA) is 91.9 Å². The Hall–Kier alpha value is -1.72. The molecule has 1 aliphatic rings. The van der Waals surface area contributed by atoms with E-state index in [2.05, 4.69) is 15.4 Å². The van der Waals surface area contributed by atoms with E-state index >= 15 is 0 Å². The van der Waals surface area contributed by atoms with Crippen molar-refractivity contribution in [1.82, 2.24) is 19.5 Å². The number of hydrazone groups is 1. The molecule has 148 valence electrons. The number of carbonyl (C=O) groups is 1. The van der Waals surface area contributed by atoms with E-state index in [-0.39, 0.29) is 27.9 Å². The highest BCUT2D eigenvalue weighted by Gasteiger charge is 2.16. The van der Waals surface area contributed by atoms with Gasteiger partial charge in [-0.2, -0.15) is 5.10 Å². The fourth-order valence-electron chi connectivity index (χ4n) is 2.71. The lowest BCUT2D eigenvalue weighted by Crippen LogP contribution is -2.29. The SMILES string of the molecule is CCn1c(O)c(/C=N/NC(=O)CSC(=S)N2CCCC2)c(=O)n(CC)c1=S. The van der Waals surface area contributed by atoms with Crippen LogP contribution in [0.3, 0.4) is 0 Å². The van der Waals surface area contributed by atoms with E-state index in [0.717, 1.165) is 32.1 Å². The Balaban J connectivity index is 2.03. The maximum Gasteiger partial charge on any atom is 0.267 e. The third-order valence-corrected chi connectivity index (χ3v) is 6.10. The standard InChI is InChI=1S/C16H23N5O3S3/c1-3-20-13(23)11(14(24)21(4-2)15(20)25)9-17-18-12(22)10-27-16(26)19-7-5-6-8-19/h9,23H,3-8,10H2,1-2H3,(H,18,22)/b17-9+. The third-order valence-electron chi connectivity index (χ3n) is 4.14. The fraction of sp³-hybridized carbons (Fsp3) is 0.562. The molecule has 0 aromatic carbocycles. The van der Waals surface area contributed by atoms with Crippen LogP contribution in [0.15, 0.2) is 9.90 Å². The summed E-state index contributed by atoms with van der Waals surface area (Å²) < 4.78 is 3.76. The molecule has 0 bridgehead atoms. The average Bonchev–Trinajstić information content (AvgIpc) is 3.18. The summed E-state index contributed by atoms with van der Waals surface area (Å²) in [6, 6.07) is 0. The summed E-state index contributed by atoms with van der Waals surface area (Å²) in [4.78, 5) is 26.5. The normalized spacial score (nSPS) is 14.1. The molecule has 1 aliphatic heterocycles. The summed E-state index contributed by atoms with van der Waals surface area (Å²) in [5, 5.41) is 14.1. The summed E-state index contributed by atoms with van der Waals surface area (Å²) in [6.45, 7) is 6.24. The van der Waals surface area contributed by atoms with Crippen LogP contribution in [0.25, 0.3) is 0 Å². The van der Waals surface area contributed by atoms with Crippen LogP contribution < -0.4 is 11.0 Å². The molecule has 1 aromatic heterocycles. The van der Waals surface area contributed by atoms with Crippen LogP contribution in [-0.4, -0.2) is 54.4 Å². The second-order valence-corrected chi connectivity index (χ2v) is 7.83. The first-order valence-electron chi connectivity index (χ1n) is 8.70. The van der Waals surface area contributed by atoms with E-state index in [1.807, 2.05) is 6.92 Å². The van der Waals surface area contributed by atoms with Crippen LogP contribution >= 0.6 is 36.2 Å². The second kappa shape index (κ2) is 10.00. The first-order chi connectivity index (χ1) is 12.9. The Morgan fingerprint density at radius 2 is 1.93 bits per heavy atom. The van der Waals surface area contributed by atoms with Crippen LogP contribution in [0.4, 0.5) is 0 Å². The average molecular weight is 430 g/mol. The van der Waals surface area contributed by atoms with Crippen molar-refractivity contribution in [3.63, 3.8) is 0 Å². The number of thioether (sulfide) groups is 1. The van der Waals surface area contributed by atoms with Crippen molar-refractivity contribution in [2.75, 3.05) is 18.8 Å². The highest BCUT2D eigenvalue weighted by Crippen LogP contribution is 2.16. The van der Waals surface area contributed by atoms with Gasteiger partial charge in [0.2, 0.25) is 5.88 Å². The van der Waals surface area contributed by atoms with Crippen LogP contribution in [0.1, 0.15) is 32.3 Å². The number of hydrogen-bond acceptors (Lipinski definition) is 7. The zero-order valence-corrected chi connectivity index (χ0v) is 17.8. The van der Waals surface area contributed by atoms with Crippen molar-refractivity contribution in [2.24, 2.45) is 5.10 Å². The number of carbonyl (C=O) groups excluding carboxylic acids is 1. The Labute approximate surface area is 172 Å². The predicted octanol–water partition coefficient (Wildman–Crippen LogP) is 1.69. The minimum absolute atomic E-state index is 0.0205. The van der Waals surface area contributed by atoms with Gasteiger partial charge >= 0.3 is 0 Å². The number of nitrogens with one attached hydrogen (secondary N) is 1. The number of aromatic hydroxyl groups is 1. The van der Waals surface area contributed by atoms with Gasteiger partial charge in [-0.25, -0.2) is 5.43 Å². The smallest absolute Gasteiger partial charge is 0.267 e. The van der Waals surface area contributed by atoms with E-state index in [9.17, 15) is 14.7 Å². The number of likely N-dealkylation sites (tertiary alicyclic amines) is 1. The van der Waals surface area contributed by atoms with Gasteiger partial charge in [0.15, 0.2) is 4.77 Å². The summed E-state index contributed by atoms with van der Waals surface area (Å²) >= 11 is 11.8. The molecule has 0 spiro atoms. The van der Waals surface area contributed by atoms with Crippen LogP contribution in [0, 0.1) is 4.77 Å². The minimum atomic E-state index is -0.452. The van der Waals surface area contributed by atoms with E-state index in [4.69, 9.17) is 24.4 Å². The van der Waals surface area contributed by atoms with Gasteiger partial charge < -0.3 is 10.0 Å². The van der Waals surface area contributed by atoms with Gasteiger partial charge in [0.05, 0.1) is 12.0 Å². The third kappa shape index (κ3) is 5.17. The largest absolute Gasteiger partial charge is 0.494 e. The van der Waals surface area contributed by atoms with E-state index in [1.54, 1.807) is 6.92 Å². The molecule has 2 N–H and O–H groups in total. The van der Waals surface area contributed by atoms with Crippen molar-refractivity contribution >= 4 is 52.6 Å². The number of nitrogens with zero attached hydrogens (tertiary/aromatic N) is 4. The zero-order chi connectivity index (χ0) is 20.0. The highest BCUT2D eigenvalue weighted by molar-refractivity contribution is 8.23. The van der Waals surface area contributed by atoms with Crippen LogP contribution in [-0.2, 0) is 17.9 Å². The fourth-order valence-corrected chi connectivity index (χ4v) is 4.18. The van der Waals surface area contributed by atoms with Crippen molar-refractivity contribution in [1.29, 1.82) is 0 Å². The molecule has 11 heteroatoms. The maximum atomic E-state index is 12.4.